The summed E-state index contributed by atoms with van der Waals surface area (Å²) in [7, 11) is 0. The first-order valence-electron chi connectivity index (χ1n) is 2.97. The third kappa shape index (κ3) is 4.92. The zero-order chi connectivity index (χ0) is 8.41. The van der Waals surface area contributed by atoms with E-state index in [4.69, 9.17) is 0 Å². The van der Waals surface area contributed by atoms with E-state index in [0.717, 1.165) is 0 Å². The highest BCUT2D eigenvalue weighted by atomic mass is 31.2. The molecule has 0 amide bonds. The average Bonchev–Trinajstić information content (AvgIpc) is 1.60. The second-order valence-electron chi connectivity index (χ2n) is 2.81. The van der Waals surface area contributed by atoms with Crippen LogP contribution in [0, 0.1) is 0 Å². The van der Waals surface area contributed by atoms with Crippen LogP contribution < -0.4 is 0 Å². The van der Waals surface area contributed by atoms with Crippen LogP contribution in [0.3, 0.4) is 0 Å². The van der Waals surface area contributed by atoms with Crippen molar-refractivity contribution in [2.75, 3.05) is 19.5 Å². The van der Waals surface area contributed by atoms with Crippen LogP contribution in [0.25, 0.3) is 0 Å². The Hall–Kier alpha value is 0.0900. The number of hydrogen-bond donors (Lipinski definition) is 0. The van der Waals surface area contributed by atoms with Crippen LogP contribution in [0.15, 0.2) is 0 Å². The third-order valence-electron chi connectivity index (χ3n) is 1.29. The Kier molecular flexibility index (Phi) is 3.02. The van der Waals surface area contributed by atoms with Crippen LogP contribution >= 0.6 is 6.89 Å². The Balaban J connectivity index is 4.17. The molecule has 4 heteroatoms. The van der Waals surface area contributed by atoms with Crippen molar-refractivity contribution in [1.82, 2.24) is 0 Å². The first-order chi connectivity index (χ1) is 4.27. The summed E-state index contributed by atoms with van der Waals surface area (Å²) in [6, 6.07) is 0. The fraction of sp³-hybridized carbons (Fsp3) is 0.833. The van der Waals surface area contributed by atoms with E-state index in [2.05, 4.69) is 0 Å². The second-order valence-corrected chi connectivity index (χ2v) is 7.20. The monoisotopic (exact) mass is 172 g/mol. The van der Waals surface area contributed by atoms with Gasteiger partial charge in [-0.15, -0.1) is 6.89 Å². The maximum absolute atomic E-state index is 11.7. The molecule has 0 radical (unpaired) electrons. The smallest absolute Gasteiger partial charge is 0.171 e. The Morgan fingerprint density at radius 2 is 1.70 bits per heavy atom. The van der Waals surface area contributed by atoms with Crippen LogP contribution in [0.1, 0.15) is 6.92 Å². The predicted octanol–water partition coefficient (Wildman–Crippen LogP) is 2.65. The molecule has 0 aliphatic carbocycles. The molecule has 0 aromatic carbocycles. The summed E-state index contributed by atoms with van der Waals surface area (Å²) in [5, 5.41) is 0. The van der Waals surface area contributed by atoms with E-state index < -0.39 is 19.2 Å². The van der Waals surface area contributed by atoms with Crippen molar-refractivity contribution in [2.24, 2.45) is 0 Å². The minimum atomic E-state index is -4.00. The van der Waals surface area contributed by atoms with Gasteiger partial charge < -0.3 is 0 Å². The van der Waals surface area contributed by atoms with E-state index >= 15 is 0 Å². The van der Waals surface area contributed by atoms with Crippen molar-refractivity contribution in [3.8, 4) is 0 Å². The maximum atomic E-state index is 11.7. The zero-order valence-corrected chi connectivity index (χ0v) is 7.26. The molecule has 0 atom stereocenters. The summed E-state index contributed by atoms with van der Waals surface area (Å²) in [6.45, 7) is 3.26. The largest absolute Gasteiger partial charge is 0.392 e. The Morgan fingerprint density at radius 1 is 1.30 bits per heavy atom. The molecule has 0 aliphatic rings. The molecule has 0 bridgehead atoms. The van der Waals surface area contributed by atoms with Crippen molar-refractivity contribution in [3.63, 3.8) is 0 Å². The van der Waals surface area contributed by atoms with Crippen LogP contribution in [0.5, 0.6) is 0 Å². The van der Waals surface area contributed by atoms with Gasteiger partial charge in [-0.05, 0) is 20.3 Å². The van der Waals surface area contributed by atoms with Crippen LogP contribution in [0.2, 0.25) is 0 Å². The molecule has 0 saturated heterocycles. The molecule has 0 N–H and O–H groups in total. The van der Waals surface area contributed by atoms with Gasteiger partial charge in [0.05, 0.1) is 6.16 Å². The predicted molar refractivity (Wildman–Crippen MR) is 41.4 cm³/mol. The van der Waals surface area contributed by atoms with Gasteiger partial charge in [0.2, 0.25) is 0 Å². The number of halogens is 3. The van der Waals surface area contributed by atoms with Crippen molar-refractivity contribution < 1.29 is 13.2 Å². The standard InChI is InChI=1S/C6H12F3P/c1-4-10(2,3)5-6(7,8)9/h4H,5H2,1-3H3. The van der Waals surface area contributed by atoms with Crippen LogP contribution in [-0.4, -0.2) is 31.5 Å². The lowest BCUT2D eigenvalue weighted by atomic mass is 10.8. The van der Waals surface area contributed by atoms with Crippen molar-refractivity contribution in [2.45, 2.75) is 13.1 Å². The van der Waals surface area contributed by atoms with Gasteiger partial charge >= 0.3 is 6.18 Å². The normalized spacial score (nSPS) is 13.4. The van der Waals surface area contributed by atoms with Gasteiger partial charge in [0, 0.05) is 0 Å². The summed E-state index contributed by atoms with van der Waals surface area (Å²) >= 11 is 0. The summed E-state index contributed by atoms with van der Waals surface area (Å²) < 4.78 is 35.2. The molecule has 0 saturated carbocycles. The van der Waals surface area contributed by atoms with Gasteiger partial charge in [-0.1, -0.05) is 5.80 Å². The molecule has 0 heterocycles. The summed E-state index contributed by atoms with van der Waals surface area (Å²) in [5.74, 6) is 1.68. The lowest BCUT2D eigenvalue weighted by molar-refractivity contribution is -0.106. The number of rotatable bonds is 1. The molecule has 0 fully saturated rings. The minimum absolute atomic E-state index is 0.628. The van der Waals surface area contributed by atoms with E-state index in [9.17, 15) is 13.2 Å². The first-order valence-corrected chi connectivity index (χ1v) is 5.90. The lowest BCUT2D eigenvalue weighted by Crippen LogP contribution is -2.14. The summed E-state index contributed by atoms with van der Waals surface area (Å²) in [6.07, 6.45) is -4.62. The fourth-order valence-electron chi connectivity index (χ4n) is 0.553. The lowest BCUT2D eigenvalue weighted by Gasteiger charge is -2.16. The Labute approximate surface area is 59.4 Å². The average molecular weight is 172 g/mol. The van der Waals surface area contributed by atoms with Crippen LogP contribution in [0.4, 0.5) is 13.2 Å². The molecule has 0 spiro atoms. The van der Waals surface area contributed by atoms with E-state index in [1.807, 2.05) is 0 Å². The van der Waals surface area contributed by atoms with Crippen molar-refractivity contribution in [1.29, 1.82) is 0 Å². The van der Waals surface area contributed by atoms with E-state index in [1.54, 1.807) is 26.0 Å². The molecular formula is C6H12F3P. The van der Waals surface area contributed by atoms with E-state index in [1.165, 1.54) is 0 Å². The molecule has 0 rings (SSSR count). The third-order valence-corrected chi connectivity index (χ3v) is 3.86. The zero-order valence-electron chi connectivity index (χ0n) is 6.37. The molecule has 10 heavy (non-hydrogen) atoms. The van der Waals surface area contributed by atoms with E-state index in [0.29, 0.717) is 0 Å². The molecular weight excluding hydrogens is 160 g/mol. The molecule has 0 unspecified atom stereocenters. The van der Waals surface area contributed by atoms with Crippen molar-refractivity contribution in [3.05, 3.63) is 0 Å². The molecule has 0 aromatic heterocycles. The van der Waals surface area contributed by atoms with Gasteiger partial charge in [-0.3, -0.25) is 0 Å². The molecule has 0 aliphatic heterocycles. The summed E-state index contributed by atoms with van der Waals surface area (Å²) in [5.41, 5.74) is 0. The molecule has 0 nitrogen and oxygen atoms in total. The van der Waals surface area contributed by atoms with Gasteiger partial charge in [0.15, 0.2) is 0 Å². The SMILES string of the molecule is CC=P(C)(C)CC(F)(F)F. The topological polar surface area (TPSA) is 0 Å². The van der Waals surface area contributed by atoms with Gasteiger partial charge in [0.25, 0.3) is 0 Å². The highest BCUT2D eigenvalue weighted by Crippen LogP contribution is 2.43. The highest BCUT2D eigenvalue weighted by Gasteiger charge is 2.30. The fourth-order valence-corrected chi connectivity index (χ4v) is 1.66. The van der Waals surface area contributed by atoms with Gasteiger partial charge in [0.1, 0.15) is 0 Å². The Morgan fingerprint density at radius 3 is 1.80 bits per heavy atom. The maximum Gasteiger partial charge on any atom is 0.392 e. The first kappa shape index (κ1) is 10.1. The number of alkyl halides is 3. The van der Waals surface area contributed by atoms with E-state index in [-0.39, 0.29) is 0 Å². The second kappa shape index (κ2) is 3.00. The minimum Gasteiger partial charge on any atom is -0.171 e. The van der Waals surface area contributed by atoms with Gasteiger partial charge in [-0.2, -0.15) is 13.2 Å². The van der Waals surface area contributed by atoms with Crippen LogP contribution in [-0.2, 0) is 0 Å². The highest BCUT2D eigenvalue weighted by molar-refractivity contribution is 7.73. The molecule has 0 aromatic rings. The summed E-state index contributed by atoms with van der Waals surface area (Å²) in [4.78, 5) is 0. The van der Waals surface area contributed by atoms with Gasteiger partial charge in [-0.25, -0.2) is 0 Å². The quantitative estimate of drug-likeness (QED) is 0.533. The number of hydrogen-bond acceptors (Lipinski definition) is 0. The van der Waals surface area contributed by atoms with Crippen molar-refractivity contribution >= 4 is 12.7 Å². The molecule has 62 valence electrons. The Bertz CT molecular complexity index is 151.